The number of anilines is 1. The van der Waals surface area contributed by atoms with E-state index < -0.39 is 11.6 Å². The molecule has 122 valence electrons. The Morgan fingerprint density at radius 1 is 1.23 bits per heavy atom. The SMILES string of the molecule is COC(=O)c1ncc(N2CCN(C(=O)OC(C)(C)C)CC2)s1. The molecule has 0 saturated carbocycles. The highest BCUT2D eigenvalue weighted by atomic mass is 32.1. The molecule has 1 aliphatic heterocycles. The minimum absolute atomic E-state index is 0.285. The van der Waals surface area contributed by atoms with Gasteiger partial charge in [-0.2, -0.15) is 0 Å². The Labute approximate surface area is 133 Å². The highest BCUT2D eigenvalue weighted by Gasteiger charge is 2.27. The number of carbonyl (C=O) groups is 2. The average Bonchev–Trinajstić information content (AvgIpc) is 2.94. The zero-order valence-electron chi connectivity index (χ0n) is 13.3. The van der Waals surface area contributed by atoms with Crippen molar-refractivity contribution >= 4 is 28.4 Å². The molecule has 0 atom stereocenters. The Balaban J connectivity index is 1.91. The monoisotopic (exact) mass is 327 g/mol. The van der Waals surface area contributed by atoms with Gasteiger partial charge in [0.15, 0.2) is 0 Å². The number of nitrogens with zero attached hydrogens (tertiary/aromatic N) is 3. The van der Waals surface area contributed by atoms with Crippen molar-refractivity contribution < 1.29 is 19.1 Å². The van der Waals surface area contributed by atoms with Gasteiger partial charge in [0.2, 0.25) is 5.01 Å². The lowest BCUT2D eigenvalue weighted by atomic mass is 10.2. The van der Waals surface area contributed by atoms with Crippen molar-refractivity contribution in [2.75, 3.05) is 38.2 Å². The number of thiazole rings is 1. The first-order chi connectivity index (χ1) is 10.3. The van der Waals surface area contributed by atoms with E-state index in [0.717, 1.165) is 5.00 Å². The largest absolute Gasteiger partial charge is 0.464 e. The van der Waals surface area contributed by atoms with E-state index in [-0.39, 0.29) is 6.09 Å². The van der Waals surface area contributed by atoms with E-state index in [1.165, 1.54) is 18.4 Å². The third-order valence-corrected chi connectivity index (χ3v) is 4.13. The summed E-state index contributed by atoms with van der Waals surface area (Å²) in [5.74, 6) is -0.427. The van der Waals surface area contributed by atoms with Crippen LogP contribution in [0.1, 0.15) is 30.6 Å². The Bertz CT molecular complexity index is 545. The van der Waals surface area contributed by atoms with Crippen molar-refractivity contribution in [1.82, 2.24) is 9.88 Å². The van der Waals surface area contributed by atoms with Crippen molar-refractivity contribution in [2.24, 2.45) is 0 Å². The van der Waals surface area contributed by atoms with Crippen molar-refractivity contribution in [2.45, 2.75) is 26.4 Å². The van der Waals surface area contributed by atoms with Crippen LogP contribution in [0.15, 0.2) is 6.20 Å². The molecule has 22 heavy (non-hydrogen) atoms. The van der Waals surface area contributed by atoms with Crippen molar-refractivity contribution in [1.29, 1.82) is 0 Å². The third kappa shape index (κ3) is 4.09. The lowest BCUT2D eigenvalue weighted by Crippen LogP contribution is -2.49. The van der Waals surface area contributed by atoms with E-state index in [2.05, 4.69) is 14.6 Å². The van der Waals surface area contributed by atoms with E-state index in [1.54, 1.807) is 11.1 Å². The minimum Gasteiger partial charge on any atom is -0.464 e. The molecule has 2 heterocycles. The number of rotatable bonds is 2. The standard InChI is InChI=1S/C14H21N3O4S/c1-14(2,3)21-13(19)17-7-5-16(6-8-17)10-9-15-11(22-10)12(18)20-4/h9H,5-8H2,1-4H3. The summed E-state index contributed by atoms with van der Waals surface area (Å²) in [6.45, 7) is 8.09. The van der Waals surface area contributed by atoms with Gasteiger partial charge < -0.3 is 19.3 Å². The maximum atomic E-state index is 12.0. The molecule has 0 aromatic carbocycles. The maximum absolute atomic E-state index is 12.0. The molecule has 1 aromatic heterocycles. The molecule has 0 N–H and O–H groups in total. The summed E-state index contributed by atoms with van der Waals surface area (Å²) in [5.41, 5.74) is -0.485. The summed E-state index contributed by atoms with van der Waals surface area (Å²) in [7, 11) is 1.34. The lowest BCUT2D eigenvalue weighted by molar-refractivity contribution is 0.0240. The number of ether oxygens (including phenoxy) is 2. The molecule has 1 aliphatic rings. The van der Waals surface area contributed by atoms with Gasteiger partial charge >= 0.3 is 12.1 Å². The van der Waals surface area contributed by atoms with Crippen LogP contribution in [0.25, 0.3) is 0 Å². The minimum atomic E-state index is -0.485. The molecule has 1 saturated heterocycles. The average molecular weight is 327 g/mol. The van der Waals surface area contributed by atoms with Gasteiger partial charge in [0.05, 0.1) is 13.3 Å². The summed E-state index contributed by atoms with van der Waals surface area (Å²) < 4.78 is 10.0. The summed E-state index contributed by atoms with van der Waals surface area (Å²) in [4.78, 5) is 31.3. The summed E-state index contributed by atoms with van der Waals surface area (Å²) in [6, 6.07) is 0. The second-order valence-corrected chi connectivity index (χ2v) is 6.96. The predicted octanol–water partition coefficient (Wildman–Crippen LogP) is 1.99. The normalized spacial score (nSPS) is 15.6. The van der Waals surface area contributed by atoms with Crippen molar-refractivity contribution in [3.63, 3.8) is 0 Å². The number of hydrogen-bond donors (Lipinski definition) is 0. The number of piperazine rings is 1. The second kappa shape index (κ2) is 6.51. The Morgan fingerprint density at radius 3 is 2.41 bits per heavy atom. The van der Waals surface area contributed by atoms with Gasteiger partial charge in [0.1, 0.15) is 10.6 Å². The van der Waals surface area contributed by atoms with E-state index in [0.29, 0.717) is 31.2 Å². The van der Waals surface area contributed by atoms with E-state index in [4.69, 9.17) is 4.74 Å². The van der Waals surface area contributed by atoms with Gasteiger partial charge in [0.25, 0.3) is 0 Å². The van der Waals surface area contributed by atoms with Gasteiger partial charge in [-0.05, 0) is 20.8 Å². The van der Waals surface area contributed by atoms with Crippen LogP contribution in [-0.2, 0) is 9.47 Å². The first kappa shape index (κ1) is 16.5. The van der Waals surface area contributed by atoms with Gasteiger partial charge in [-0.25, -0.2) is 14.6 Å². The molecule has 1 fully saturated rings. The number of carbonyl (C=O) groups excluding carboxylic acids is 2. The lowest BCUT2D eigenvalue weighted by Gasteiger charge is -2.35. The van der Waals surface area contributed by atoms with Crippen LogP contribution in [-0.4, -0.2) is 60.8 Å². The molecular weight excluding hydrogens is 306 g/mol. The fraction of sp³-hybridized carbons (Fsp3) is 0.643. The first-order valence-corrected chi connectivity index (χ1v) is 7.89. The van der Waals surface area contributed by atoms with E-state index in [1.807, 2.05) is 20.8 Å². The van der Waals surface area contributed by atoms with Crippen LogP contribution in [0.4, 0.5) is 9.80 Å². The predicted molar refractivity (Wildman–Crippen MR) is 83.5 cm³/mol. The molecule has 8 heteroatoms. The van der Waals surface area contributed by atoms with Crippen molar-refractivity contribution in [3.05, 3.63) is 11.2 Å². The summed E-state index contributed by atoms with van der Waals surface area (Å²) in [5, 5.41) is 1.25. The van der Waals surface area contributed by atoms with Gasteiger partial charge in [-0.3, -0.25) is 0 Å². The fourth-order valence-corrected chi connectivity index (χ4v) is 2.92. The Kier molecular flexibility index (Phi) is 4.90. The molecule has 7 nitrogen and oxygen atoms in total. The zero-order valence-corrected chi connectivity index (χ0v) is 14.1. The number of amides is 1. The zero-order chi connectivity index (χ0) is 16.3. The smallest absolute Gasteiger partial charge is 0.410 e. The Morgan fingerprint density at radius 2 is 1.86 bits per heavy atom. The molecule has 0 unspecified atom stereocenters. The maximum Gasteiger partial charge on any atom is 0.410 e. The molecule has 2 rings (SSSR count). The van der Waals surface area contributed by atoms with Crippen molar-refractivity contribution in [3.8, 4) is 0 Å². The van der Waals surface area contributed by atoms with Gasteiger partial charge in [-0.1, -0.05) is 11.3 Å². The molecule has 1 aromatic rings. The molecule has 0 radical (unpaired) electrons. The van der Waals surface area contributed by atoms with Gasteiger partial charge in [0, 0.05) is 26.2 Å². The molecule has 0 spiro atoms. The summed E-state index contributed by atoms with van der Waals surface area (Å²) in [6.07, 6.45) is 1.38. The fourth-order valence-electron chi connectivity index (χ4n) is 2.03. The van der Waals surface area contributed by atoms with Crippen LogP contribution in [0.2, 0.25) is 0 Å². The number of methoxy groups -OCH3 is 1. The molecule has 0 aliphatic carbocycles. The topological polar surface area (TPSA) is 72.0 Å². The van der Waals surface area contributed by atoms with Gasteiger partial charge in [-0.15, -0.1) is 0 Å². The second-order valence-electron chi connectivity index (χ2n) is 5.95. The summed E-state index contributed by atoms with van der Waals surface area (Å²) >= 11 is 1.30. The number of aromatic nitrogens is 1. The number of esters is 1. The molecular formula is C14H21N3O4S. The number of hydrogen-bond acceptors (Lipinski definition) is 7. The highest BCUT2D eigenvalue weighted by molar-refractivity contribution is 7.17. The quantitative estimate of drug-likeness (QED) is 0.774. The molecule has 1 amide bonds. The van der Waals surface area contributed by atoms with E-state index in [9.17, 15) is 9.59 Å². The molecule has 0 bridgehead atoms. The van der Waals surface area contributed by atoms with E-state index >= 15 is 0 Å². The van der Waals surface area contributed by atoms with Crippen LogP contribution >= 0.6 is 11.3 Å². The van der Waals surface area contributed by atoms with Crippen LogP contribution in [0.3, 0.4) is 0 Å². The van der Waals surface area contributed by atoms with Crippen LogP contribution < -0.4 is 4.90 Å². The third-order valence-electron chi connectivity index (χ3n) is 3.10. The highest BCUT2D eigenvalue weighted by Crippen LogP contribution is 2.25. The van der Waals surface area contributed by atoms with Crippen LogP contribution in [0, 0.1) is 0 Å². The van der Waals surface area contributed by atoms with Crippen LogP contribution in [0.5, 0.6) is 0 Å². The first-order valence-electron chi connectivity index (χ1n) is 7.07. The Hall–Kier alpha value is -1.83.